The Labute approximate surface area is 116 Å². The molecule has 98 valence electrons. The van der Waals surface area contributed by atoms with Crippen molar-refractivity contribution in [1.29, 1.82) is 0 Å². The summed E-state index contributed by atoms with van der Waals surface area (Å²) in [6, 6.07) is 0. The fourth-order valence-electron chi connectivity index (χ4n) is 1.59. The zero-order valence-electron chi connectivity index (χ0n) is 9.94. The third kappa shape index (κ3) is 2.37. The monoisotopic (exact) mass is 294 g/mol. The first-order valence-electron chi connectivity index (χ1n) is 5.32. The highest BCUT2D eigenvalue weighted by molar-refractivity contribution is 8.00. The molecular weight excluding hydrogens is 284 g/mol. The van der Waals surface area contributed by atoms with Crippen LogP contribution in [0.4, 0.5) is 5.82 Å². The topological polar surface area (TPSA) is 107 Å². The van der Waals surface area contributed by atoms with Gasteiger partial charge in [0.1, 0.15) is 11.3 Å². The third-order valence-corrected chi connectivity index (χ3v) is 4.30. The molecule has 19 heavy (non-hydrogen) atoms. The Bertz CT molecular complexity index is 692. The number of thioether (sulfide) groups is 1. The second-order valence-electron chi connectivity index (χ2n) is 3.63. The van der Waals surface area contributed by atoms with Gasteiger partial charge >= 0.3 is 0 Å². The molecule has 3 aromatic heterocycles. The van der Waals surface area contributed by atoms with E-state index in [0.717, 1.165) is 15.4 Å². The van der Waals surface area contributed by atoms with E-state index in [1.165, 1.54) is 23.1 Å². The van der Waals surface area contributed by atoms with E-state index in [4.69, 9.17) is 5.84 Å². The van der Waals surface area contributed by atoms with Crippen LogP contribution in [0.25, 0.3) is 11.0 Å². The summed E-state index contributed by atoms with van der Waals surface area (Å²) in [5.41, 5.74) is 5.02. The van der Waals surface area contributed by atoms with E-state index in [-0.39, 0.29) is 0 Å². The van der Waals surface area contributed by atoms with Gasteiger partial charge in [0, 0.05) is 7.05 Å². The minimum absolute atomic E-state index is 0.575. The normalized spacial score (nSPS) is 11.1. The standard InChI is InChI=1S/C9H10N8S2/c1-17-8-5(2-12-17)7(15-10)13-6(14-8)3-18-9-16-11-4-19-9/h2,4H,3,10H2,1H3,(H,13,14,15). The molecule has 0 saturated carbocycles. The summed E-state index contributed by atoms with van der Waals surface area (Å²) in [5, 5.41) is 12.7. The number of hydrazine groups is 1. The molecule has 0 unspecified atom stereocenters. The number of nitrogens with one attached hydrogen (secondary N) is 1. The summed E-state index contributed by atoms with van der Waals surface area (Å²) in [7, 11) is 1.83. The number of nitrogens with zero attached hydrogens (tertiary/aromatic N) is 6. The molecule has 0 radical (unpaired) electrons. The van der Waals surface area contributed by atoms with Gasteiger partial charge in [-0.25, -0.2) is 15.8 Å². The Morgan fingerprint density at radius 3 is 3.11 bits per heavy atom. The zero-order chi connectivity index (χ0) is 13.2. The van der Waals surface area contributed by atoms with Crippen molar-refractivity contribution in [2.24, 2.45) is 12.9 Å². The first-order valence-corrected chi connectivity index (χ1v) is 7.18. The zero-order valence-corrected chi connectivity index (χ0v) is 11.6. The predicted octanol–water partition coefficient (Wildman–Crippen LogP) is 0.793. The van der Waals surface area contributed by atoms with E-state index >= 15 is 0 Å². The number of fused-ring (bicyclic) bond motifs is 1. The summed E-state index contributed by atoms with van der Waals surface area (Å²) < 4.78 is 2.58. The molecule has 10 heteroatoms. The summed E-state index contributed by atoms with van der Waals surface area (Å²) in [4.78, 5) is 8.84. The summed E-state index contributed by atoms with van der Waals surface area (Å²) in [5.74, 6) is 7.33. The van der Waals surface area contributed by atoms with Crippen molar-refractivity contribution >= 4 is 39.9 Å². The molecule has 0 bridgehead atoms. The minimum Gasteiger partial charge on any atom is -0.308 e. The number of anilines is 1. The second-order valence-corrected chi connectivity index (χ2v) is 5.69. The molecule has 3 rings (SSSR count). The van der Waals surface area contributed by atoms with E-state index < -0.39 is 0 Å². The molecule has 0 saturated heterocycles. The van der Waals surface area contributed by atoms with E-state index in [9.17, 15) is 0 Å². The number of hydrogen-bond acceptors (Lipinski definition) is 9. The number of aryl methyl sites for hydroxylation is 1. The van der Waals surface area contributed by atoms with Gasteiger partial charge in [0.2, 0.25) is 0 Å². The van der Waals surface area contributed by atoms with Crippen molar-refractivity contribution in [2.75, 3.05) is 5.43 Å². The Morgan fingerprint density at radius 2 is 2.37 bits per heavy atom. The van der Waals surface area contributed by atoms with Gasteiger partial charge in [-0.05, 0) is 0 Å². The first-order chi connectivity index (χ1) is 9.28. The van der Waals surface area contributed by atoms with Gasteiger partial charge in [-0.1, -0.05) is 23.1 Å². The maximum absolute atomic E-state index is 5.48. The molecule has 0 aliphatic rings. The lowest BCUT2D eigenvalue weighted by atomic mass is 10.4. The molecule has 0 fully saturated rings. The second kappa shape index (κ2) is 5.07. The van der Waals surface area contributed by atoms with E-state index in [0.29, 0.717) is 17.4 Å². The van der Waals surface area contributed by atoms with E-state index in [1.807, 2.05) is 7.05 Å². The molecule has 0 aliphatic carbocycles. The van der Waals surface area contributed by atoms with E-state index in [1.54, 1.807) is 16.4 Å². The largest absolute Gasteiger partial charge is 0.308 e. The van der Waals surface area contributed by atoms with Crippen LogP contribution in [0.1, 0.15) is 5.82 Å². The van der Waals surface area contributed by atoms with Crippen molar-refractivity contribution in [2.45, 2.75) is 10.1 Å². The predicted molar refractivity (Wildman–Crippen MR) is 73.6 cm³/mol. The van der Waals surface area contributed by atoms with Gasteiger partial charge < -0.3 is 5.43 Å². The van der Waals surface area contributed by atoms with Crippen LogP contribution in [0.3, 0.4) is 0 Å². The van der Waals surface area contributed by atoms with Crippen LogP contribution in [0, 0.1) is 0 Å². The lowest BCUT2D eigenvalue weighted by Gasteiger charge is -2.04. The SMILES string of the molecule is Cn1ncc2c(NN)nc(CSc3nncs3)nc21. The maximum Gasteiger partial charge on any atom is 0.174 e. The Balaban J connectivity index is 1.92. The molecule has 0 amide bonds. The van der Waals surface area contributed by atoms with Crippen molar-refractivity contribution in [3.63, 3.8) is 0 Å². The lowest BCUT2D eigenvalue weighted by molar-refractivity contribution is 0.782. The van der Waals surface area contributed by atoms with Gasteiger partial charge in [-0.2, -0.15) is 5.10 Å². The van der Waals surface area contributed by atoms with Crippen LogP contribution in [-0.2, 0) is 12.8 Å². The highest BCUT2D eigenvalue weighted by atomic mass is 32.2. The third-order valence-electron chi connectivity index (χ3n) is 2.44. The summed E-state index contributed by atoms with van der Waals surface area (Å²) >= 11 is 3.03. The van der Waals surface area contributed by atoms with Gasteiger partial charge in [0.05, 0.1) is 17.3 Å². The fraction of sp³-hybridized carbons (Fsp3) is 0.222. The molecule has 3 heterocycles. The number of nitrogens with two attached hydrogens (primary N) is 1. The smallest absolute Gasteiger partial charge is 0.174 e. The molecule has 0 spiro atoms. The van der Waals surface area contributed by atoms with Crippen LogP contribution in [0.2, 0.25) is 0 Å². The quantitative estimate of drug-likeness (QED) is 0.413. The van der Waals surface area contributed by atoms with Crippen molar-refractivity contribution in [1.82, 2.24) is 29.9 Å². The number of hydrogen-bond donors (Lipinski definition) is 2. The average Bonchev–Trinajstić information content (AvgIpc) is 3.06. The summed E-state index contributed by atoms with van der Waals surface area (Å²) in [6.07, 6.45) is 1.69. The highest BCUT2D eigenvalue weighted by Gasteiger charge is 2.11. The lowest BCUT2D eigenvalue weighted by Crippen LogP contribution is -2.11. The van der Waals surface area contributed by atoms with Crippen molar-refractivity contribution < 1.29 is 0 Å². The van der Waals surface area contributed by atoms with Crippen molar-refractivity contribution in [3.05, 3.63) is 17.5 Å². The molecule has 8 nitrogen and oxygen atoms in total. The molecule has 3 aromatic rings. The Kier molecular flexibility index (Phi) is 3.27. The van der Waals surface area contributed by atoms with Gasteiger partial charge in [-0.15, -0.1) is 10.2 Å². The van der Waals surface area contributed by atoms with E-state index in [2.05, 4.69) is 30.7 Å². The maximum atomic E-state index is 5.48. The van der Waals surface area contributed by atoms with Crippen LogP contribution in [0.5, 0.6) is 0 Å². The van der Waals surface area contributed by atoms with Gasteiger partial charge in [-0.3, -0.25) is 4.68 Å². The number of rotatable bonds is 4. The van der Waals surface area contributed by atoms with Crippen LogP contribution < -0.4 is 11.3 Å². The Morgan fingerprint density at radius 1 is 1.47 bits per heavy atom. The average molecular weight is 294 g/mol. The van der Waals surface area contributed by atoms with Crippen molar-refractivity contribution in [3.8, 4) is 0 Å². The van der Waals surface area contributed by atoms with Gasteiger partial charge in [0.25, 0.3) is 0 Å². The molecule has 0 atom stereocenters. The molecule has 0 aliphatic heterocycles. The molecule has 3 N–H and O–H groups in total. The number of aromatic nitrogens is 6. The summed E-state index contributed by atoms with van der Waals surface area (Å²) in [6.45, 7) is 0. The first kappa shape index (κ1) is 12.3. The van der Waals surface area contributed by atoms with Crippen LogP contribution >= 0.6 is 23.1 Å². The number of nitrogen functional groups attached to an aromatic ring is 1. The molecular formula is C9H10N8S2. The highest BCUT2D eigenvalue weighted by Crippen LogP contribution is 2.25. The minimum atomic E-state index is 0.575. The Hall–Kier alpha value is -1.78. The molecule has 0 aromatic carbocycles. The van der Waals surface area contributed by atoms with Crippen LogP contribution in [0.15, 0.2) is 16.0 Å². The van der Waals surface area contributed by atoms with Gasteiger partial charge in [0.15, 0.2) is 15.8 Å². The van der Waals surface area contributed by atoms with Crippen LogP contribution in [-0.4, -0.2) is 29.9 Å². The fourth-order valence-corrected chi connectivity index (χ4v) is 2.94.